The lowest BCUT2D eigenvalue weighted by molar-refractivity contribution is -0.134. The van der Waals surface area contributed by atoms with Gasteiger partial charge in [-0.1, -0.05) is 0 Å². The maximum absolute atomic E-state index is 11.8. The van der Waals surface area contributed by atoms with E-state index in [4.69, 9.17) is 4.74 Å². The van der Waals surface area contributed by atoms with E-state index in [1.807, 2.05) is 4.90 Å². The Kier molecular flexibility index (Phi) is 8.02. The zero-order valence-corrected chi connectivity index (χ0v) is 12.7. The van der Waals surface area contributed by atoms with Gasteiger partial charge in [-0.3, -0.25) is 4.79 Å². The van der Waals surface area contributed by atoms with Crippen molar-refractivity contribution in [2.75, 3.05) is 53.0 Å². The maximum Gasteiger partial charge on any atom is 0.236 e. The first-order chi connectivity index (χ1) is 9.11. The Morgan fingerprint density at radius 1 is 1.32 bits per heavy atom. The molecule has 112 valence electrons. The molecule has 0 aromatic carbocycles. The van der Waals surface area contributed by atoms with Crippen LogP contribution in [0, 0.1) is 0 Å². The van der Waals surface area contributed by atoms with Crippen LogP contribution in [0.2, 0.25) is 0 Å². The van der Waals surface area contributed by atoms with Gasteiger partial charge in [-0.05, 0) is 46.8 Å². The Morgan fingerprint density at radius 2 is 2.00 bits per heavy atom. The van der Waals surface area contributed by atoms with Crippen molar-refractivity contribution in [1.29, 1.82) is 0 Å². The second kappa shape index (κ2) is 9.28. The van der Waals surface area contributed by atoms with Crippen LogP contribution in [0.4, 0.5) is 0 Å². The van der Waals surface area contributed by atoms with Gasteiger partial charge >= 0.3 is 0 Å². The molecule has 5 heteroatoms. The van der Waals surface area contributed by atoms with Crippen LogP contribution in [0.3, 0.4) is 0 Å². The molecule has 0 aromatic rings. The van der Waals surface area contributed by atoms with E-state index in [2.05, 4.69) is 31.1 Å². The highest BCUT2D eigenvalue weighted by molar-refractivity contribution is 5.78. The number of nitrogens with one attached hydrogen (secondary N) is 1. The summed E-state index contributed by atoms with van der Waals surface area (Å²) in [6.45, 7) is 9.73. The molecule has 1 aliphatic heterocycles. The molecule has 0 atom stereocenters. The van der Waals surface area contributed by atoms with Gasteiger partial charge in [0.2, 0.25) is 5.91 Å². The largest absolute Gasteiger partial charge is 0.378 e. The van der Waals surface area contributed by atoms with Crippen LogP contribution >= 0.6 is 0 Å². The molecule has 1 aliphatic rings. The van der Waals surface area contributed by atoms with Gasteiger partial charge in [0.15, 0.2) is 0 Å². The first-order valence-corrected chi connectivity index (χ1v) is 7.37. The van der Waals surface area contributed by atoms with Crippen molar-refractivity contribution in [1.82, 2.24) is 15.1 Å². The lowest BCUT2D eigenvalue weighted by Crippen LogP contribution is -2.44. The molecular weight excluding hydrogens is 242 g/mol. The first-order valence-electron chi connectivity index (χ1n) is 7.37. The summed E-state index contributed by atoms with van der Waals surface area (Å²) in [5.41, 5.74) is 0. The number of nitrogens with zero attached hydrogens (tertiary/aromatic N) is 2. The van der Waals surface area contributed by atoms with Crippen molar-refractivity contribution in [2.45, 2.75) is 32.7 Å². The zero-order valence-electron chi connectivity index (χ0n) is 12.7. The average molecular weight is 271 g/mol. The van der Waals surface area contributed by atoms with Crippen LogP contribution < -0.4 is 5.32 Å². The number of rotatable bonds is 8. The van der Waals surface area contributed by atoms with Crippen LogP contribution in [0.1, 0.15) is 26.7 Å². The highest BCUT2D eigenvalue weighted by atomic mass is 16.5. The van der Waals surface area contributed by atoms with Crippen LogP contribution in [0.5, 0.6) is 0 Å². The number of ether oxygens (including phenoxy) is 1. The zero-order chi connectivity index (χ0) is 14.1. The highest BCUT2D eigenvalue weighted by Gasteiger charge is 2.15. The summed E-state index contributed by atoms with van der Waals surface area (Å²) in [4.78, 5) is 16.1. The lowest BCUT2D eigenvalue weighted by atomic mass is 10.2. The molecule has 5 nitrogen and oxygen atoms in total. The molecule has 0 aromatic heterocycles. The van der Waals surface area contributed by atoms with Gasteiger partial charge in [-0.15, -0.1) is 0 Å². The fourth-order valence-corrected chi connectivity index (χ4v) is 1.99. The molecule has 1 amide bonds. The van der Waals surface area contributed by atoms with Crippen molar-refractivity contribution in [3.8, 4) is 0 Å². The number of carbonyl (C=O) groups is 1. The van der Waals surface area contributed by atoms with E-state index in [0.29, 0.717) is 25.8 Å². The number of hydrogen-bond donors (Lipinski definition) is 1. The Balaban J connectivity index is 1.96. The van der Waals surface area contributed by atoms with Crippen LogP contribution in [0.15, 0.2) is 0 Å². The number of carbonyl (C=O) groups excluding carboxylic acids is 1. The quantitative estimate of drug-likeness (QED) is 0.655. The normalized spacial score (nSPS) is 16.4. The molecule has 0 radical (unpaired) electrons. The summed E-state index contributed by atoms with van der Waals surface area (Å²) in [6, 6.07) is 0.607. The van der Waals surface area contributed by atoms with Gasteiger partial charge in [-0.25, -0.2) is 0 Å². The van der Waals surface area contributed by atoms with E-state index < -0.39 is 0 Å². The average Bonchev–Trinajstić information content (AvgIpc) is 2.42. The molecule has 1 heterocycles. The second-order valence-corrected chi connectivity index (χ2v) is 5.45. The Hall–Kier alpha value is -0.650. The second-order valence-electron chi connectivity index (χ2n) is 5.45. The van der Waals surface area contributed by atoms with Crippen molar-refractivity contribution in [3.05, 3.63) is 0 Å². The lowest BCUT2D eigenvalue weighted by Gasteiger charge is -2.27. The molecule has 0 spiro atoms. The van der Waals surface area contributed by atoms with Crippen molar-refractivity contribution >= 4 is 5.91 Å². The van der Waals surface area contributed by atoms with E-state index >= 15 is 0 Å². The molecular formula is C14H29N3O2. The third-order valence-corrected chi connectivity index (χ3v) is 3.64. The SMILES string of the molecule is CC(C)N(C)CCCCNCC(=O)N1CCOCC1. The molecule has 0 bridgehead atoms. The molecule has 1 saturated heterocycles. The summed E-state index contributed by atoms with van der Waals surface area (Å²) >= 11 is 0. The van der Waals surface area contributed by atoms with Crippen LogP contribution in [-0.4, -0.2) is 74.7 Å². The van der Waals surface area contributed by atoms with Gasteiger partial charge in [-0.2, -0.15) is 0 Å². The van der Waals surface area contributed by atoms with Crippen molar-refractivity contribution in [2.24, 2.45) is 0 Å². The van der Waals surface area contributed by atoms with Gasteiger partial charge < -0.3 is 19.9 Å². The van der Waals surface area contributed by atoms with E-state index in [9.17, 15) is 4.79 Å². The molecule has 1 N–H and O–H groups in total. The fraction of sp³-hybridized carbons (Fsp3) is 0.929. The minimum absolute atomic E-state index is 0.197. The number of unbranched alkanes of at least 4 members (excludes halogenated alkanes) is 1. The Labute approximate surface area is 117 Å². The van der Waals surface area contributed by atoms with Gasteiger partial charge in [0.05, 0.1) is 19.8 Å². The summed E-state index contributed by atoms with van der Waals surface area (Å²) in [5, 5.41) is 3.23. The van der Waals surface area contributed by atoms with E-state index in [1.165, 1.54) is 6.42 Å². The van der Waals surface area contributed by atoms with Crippen LogP contribution in [-0.2, 0) is 9.53 Å². The monoisotopic (exact) mass is 271 g/mol. The molecule has 19 heavy (non-hydrogen) atoms. The van der Waals surface area contributed by atoms with Crippen LogP contribution in [0.25, 0.3) is 0 Å². The predicted octanol–water partition coefficient (Wildman–Crippen LogP) is 0.555. The topological polar surface area (TPSA) is 44.8 Å². The Morgan fingerprint density at radius 3 is 2.63 bits per heavy atom. The van der Waals surface area contributed by atoms with Gasteiger partial charge in [0.1, 0.15) is 0 Å². The van der Waals surface area contributed by atoms with Crippen molar-refractivity contribution < 1.29 is 9.53 Å². The van der Waals surface area contributed by atoms with E-state index in [1.54, 1.807) is 0 Å². The number of morpholine rings is 1. The first kappa shape index (κ1) is 16.4. The molecule has 0 unspecified atom stereocenters. The van der Waals surface area contributed by atoms with E-state index in [0.717, 1.165) is 32.6 Å². The minimum atomic E-state index is 0.197. The standard InChI is InChI=1S/C14H29N3O2/c1-13(2)16(3)7-5-4-6-15-12-14(18)17-8-10-19-11-9-17/h13,15H,4-12H2,1-3H3. The minimum Gasteiger partial charge on any atom is -0.378 e. The summed E-state index contributed by atoms with van der Waals surface area (Å²) < 4.78 is 5.23. The molecule has 0 aliphatic carbocycles. The van der Waals surface area contributed by atoms with Crippen molar-refractivity contribution in [3.63, 3.8) is 0 Å². The molecule has 0 saturated carbocycles. The third-order valence-electron chi connectivity index (χ3n) is 3.64. The summed E-state index contributed by atoms with van der Waals surface area (Å²) in [7, 11) is 2.15. The predicted molar refractivity (Wildman–Crippen MR) is 77.3 cm³/mol. The maximum atomic E-state index is 11.8. The van der Waals surface area contributed by atoms with E-state index in [-0.39, 0.29) is 5.91 Å². The molecule has 1 rings (SSSR count). The summed E-state index contributed by atoms with van der Waals surface area (Å²) in [5.74, 6) is 0.197. The highest BCUT2D eigenvalue weighted by Crippen LogP contribution is 1.98. The number of amides is 1. The smallest absolute Gasteiger partial charge is 0.236 e. The fourth-order valence-electron chi connectivity index (χ4n) is 1.99. The van der Waals surface area contributed by atoms with Gasteiger partial charge in [0, 0.05) is 19.1 Å². The number of hydrogen-bond acceptors (Lipinski definition) is 4. The third kappa shape index (κ3) is 6.89. The summed E-state index contributed by atoms with van der Waals surface area (Å²) in [6.07, 6.45) is 2.29. The molecule has 1 fully saturated rings. The van der Waals surface area contributed by atoms with Gasteiger partial charge in [0.25, 0.3) is 0 Å². The Bertz CT molecular complexity index is 253.